The van der Waals surface area contributed by atoms with Crippen molar-refractivity contribution in [3.63, 3.8) is 0 Å². The largest absolute Gasteiger partial charge is 0.322 e. The van der Waals surface area contributed by atoms with Gasteiger partial charge < -0.3 is 5.73 Å². The van der Waals surface area contributed by atoms with Crippen LogP contribution in [-0.2, 0) is 0 Å². The number of hydrogen-bond acceptors (Lipinski definition) is 4. The number of rotatable bonds is 2. The molecule has 1 atom stereocenters. The van der Waals surface area contributed by atoms with Crippen LogP contribution in [0.5, 0.6) is 0 Å². The van der Waals surface area contributed by atoms with Gasteiger partial charge in [0.1, 0.15) is 0 Å². The summed E-state index contributed by atoms with van der Waals surface area (Å²) in [4.78, 5) is 0.993. The fourth-order valence-electron chi connectivity index (χ4n) is 0.651. The Hall–Kier alpha value is -0.920. The maximum atomic E-state index is 5.75. The predicted molar refractivity (Wildman–Crippen MR) is 44.9 cm³/mol. The van der Waals surface area contributed by atoms with Gasteiger partial charge in [-0.05, 0) is 18.5 Å². The standard InChI is InChI=1S/C7H9N3S/c1-2-3-4-6(8)7-5-9-10-11-7/h5-6H,4,8H2,1H3. The Morgan fingerprint density at radius 1 is 1.82 bits per heavy atom. The Balaban J connectivity index is 2.53. The van der Waals surface area contributed by atoms with Crippen molar-refractivity contribution in [2.24, 2.45) is 5.73 Å². The van der Waals surface area contributed by atoms with Crippen LogP contribution in [0.3, 0.4) is 0 Å². The highest BCUT2D eigenvalue weighted by Gasteiger charge is 2.05. The monoisotopic (exact) mass is 167 g/mol. The van der Waals surface area contributed by atoms with Crippen molar-refractivity contribution in [1.29, 1.82) is 0 Å². The molecule has 0 radical (unpaired) electrons. The second-order valence-electron chi connectivity index (χ2n) is 2.06. The highest BCUT2D eigenvalue weighted by atomic mass is 32.1. The lowest BCUT2D eigenvalue weighted by Gasteiger charge is -2.00. The van der Waals surface area contributed by atoms with Gasteiger partial charge in [-0.3, -0.25) is 0 Å². The van der Waals surface area contributed by atoms with E-state index in [4.69, 9.17) is 5.73 Å². The van der Waals surface area contributed by atoms with Crippen LogP contribution < -0.4 is 5.73 Å². The van der Waals surface area contributed by atoms with Gasteiger partial charge in [-0.1, -0.05) is 4.49 Å². The lowest BCUT2D eigenvalue weighted by molar-refractivity contribution is 0.768. The highest BCUT2D eigenvalue weighted by Crippen LogP contribution is 2.14. The summed E-state index contributed by atoms with van der Waals surface area (Å²) in [5, 5.41) is 3.69. The van der Waals surface area contributed by atoms with Gasteiger partial charge in [-0.2, -0.15) is 0 Å². The van der Waals surface area contributed by atoms with E-state index in [1.807, 2.05) is 0 Å². The van der Waals surface area contributed by atoms with E-state index in [9.17, 15) is 0 Å². The first-order chi connectivity index (χ1) is 5.34. The molecule has 0 aliphatic rings. The van der Waals surface area contributed by atoms with Crippen LogP contribution >= 0.6 is 11.5 Å². The summed E-state index contributed by atoms with van der Waals surface area (Å²) in [5.41, 5.74) is 5.75. The predicted octanol–water partition coefficient (Wildman–Crippen LogP) is 0.951. The van der Waals surface area contributed by atoms with Crippen LogP contribution in [0.1, 0.15) is 24.3 Å². The van der Waals surface area contributed by atoms with E-state index < -0.39 is 0 Å². The Kier molecular flexibility index (Phi) is 3.02. The second kappa shape index (κ2) is 4.06. The van der Waals surface area contributed by atoms with Gasteiger partial charge in [-0.25, -0.2) is 0 Å². The molecule has 0 aliphatic heterocycles. The summed E-state index contributed by atoms with van der Waals surface area (Å²) in [5.74, 6) is 5.71. The number of nitrogens with zero attached hydrogens (tertiary/aromatic N) is 2. The van der Waals surface area contributed by atoms with E-state index in [1.54, 1.807) is 13.1 Å². The van der Waals surface area contributed by atoms with Crippen molar-refractivity contribution in [1.82, 2.24) is 9.59 Å². The van der Waals surface area contributed by atoms with Gasteiger partial charge in [0.05, 0.1) is 17.1 Å². The fraction of sp³-hybridized carbons (Fsp3) is 0.429. The lowest BCUT2D eigenvalue weighted by atomic mass is 10.2. The van der Waals surface area contributed by atoms with Gasteiger partial charge in [0.25, 0.3) is 0 Å². The molecule has 11 heavy (non-hydrogen) atoms. The molecule has 0 saturated carbocycles. The average Bonchev–Trinajstić information content (AvgIpc) is 2.52. The SMILES string of the molecule is CC#CCC(N)c1cnns1. The Morgan fingerprint density at radius 3 is 3.18 bits per heavy atom. The molecule has 1 aromatic rings. The van der Waals surface area contributed by atoms with E-state index in [0.29, 0.717) is 6.42 Å². The molecule has 0 fully saturated rings. The zero-order valence-corrected chi connectivity index (χ0v) is 7.06. The maximum Gasteiger partial charge on any atom is 0.0669 e. The summed E-state index contributed by atoms with van der Waals surface area (Å²) in [6, 6.07) is -0.0255. The van der Waals surface area contributed by atoms with E-state index in [1.165, 1.54) is 11.5 Å². The molecular weight excluding hydrogens is 158 g/mol. The maximum absolute atomic E-state index is 5.75. The molecule has 0 aliphatic carbocycles. The highest BCUT2D eigenvalue weighted by molar-refractivity contribution is 7.05. The minimum atomic E-state index is -0.0255. The molecule has 4 heteroatoms. The van der Waals surface area contributed by atoms with Crippen molar-refractivity contribution in [2.45, 2.75) is 19.4 Å². The lowest BCUT2D eigenvalue weighted by Crippen LogP contribution is -2.06. The van der Waals surface area contributed by atoms with Gasteiger partial charge in [-0.15, -0.1) is 16.9 Å². The molecule has 0 spiro atoms. The van der Waals surface area contributed by atoms with Gasteiger partial charge >= 0.3 is 0 Å². The third kappa shape index (κ3) is 2.30. The van der Waals surface area contributed by atoms with Crippen molar-refractivity contribution in [3.8, 4) is 11.8 Å². The average molecular weight is 167 g/mol. The molecule has 0 amide bonds. The quantitative estimate of drug-likeness (QED) is 0.667. The molecule has 1 rings (SSSR count). The minimum absolute atomic E-state index is 0.0255. The summed E-state index contributed by atoms with van der Waals surface area (Å²) < 4.78 is 3.71. The van der Waals surface area contributed by atoms with Crippen molar-refractivity contribution in [3.05, 3.63) is 11.1 Å². The van der Waals surface area contributed by atoms with E-state index in [2.05, 4.69) is 21.4 Å². The molecule has 0 saturated heterocycles. The molecule has 0 aromatic carbocycles. The molecular formula is C7H9N3S. The summed E-state index contributed by atoms with van der Waals surface area (Å²) in [6.45, 7) is 1.80. The van der Waals surface area contributed by atoms with E-state index in [0.717, 1.165) is 4.88 Å². The first-order valence-corrected chi connectivity index (χ1v) is 4.04. The Bertz CT molecular complexity index is 257. The first kappa shape index (κ1) is 8.18. The van der Waals surface area contributed by atoms with Gasteiger partial charge in [0, 0.05) is 6.42 Å². The molecule has 2 N–H and O–H groups in total. The zero-order valence-electron chi connectivity index (χ0n) is 6.24. The van der Waals surface area contributed by atoms with Gasteiger partial charge in [0.2, 0.25) is 0 Å². The molecule has 58 valence electrons. The molecule has 1 heterocycles. The normalized spacial score (nSPS) is 11.8. The molecule has 0 bridgehead atoms. The van der Waals surface area contributed by atoms with Crippen LogP contribution in [0.15, 0.2) is 6.20 Å². The van der Waals surface area contributed by atoms with E-state index >= 15 is 0 Å². The van der Waals surface area contributed by atoms with Crippen LogP contribution in [0, 0.1) is 11.8 Å². The third-order valence-electron chi connectivity index (χ3n) is 1.24. The van der Waals surface area contributed by atoms with Crippen molar-refractivity contribution >= 4 is 11.5 Å². The number of hydrogen-bond donors (Lipinski definition) is 1. The third-order valence-corrected chi connectivity index (χ3v) is 2.04. The summed E-state index contributed by atoms with van der Waals surface area (Å²) in [7, 11) is 0. The van der Waals surface area contributed by atoms with Crippen LogP contribution in [0.4, 0.5) is 0 Å². The Labute approximate surface area is 69.8 Å². The molecule has 3 nitrogen and oxygen atoms in total. The Morgan fingerprint density at radius 2 is 2.64 bits per heavy atom. The van der Waals surface area contributed by atoms with Crippen LogP contribution in [0.2, 0.25) is 0 Å². The molecule has 1 unspecified atom stereocenters. The van der Waals surface area contributed by atoms with Crippen LogP contribution in [-0.4, -0.2) is 9.59 Å². The first-order valence-electron chi connectivity index (χ1n) is 3.27. The number of nitrogens with two attached hydrogens (primary N) is 1. The topological polar surface area (TPSA) is 51.8 Å². The second-order valence-corrected chi connectivity index (χ2v) is 2.87. The molecule has 1 aromatic heterocycles. The summed E-state index contributed by atoms with van der Waals surface area (Å²) in [6.07, 6.45) is 2.37. The van der Waals surface area contributed by atoms with Crippen molar-refractivity contribution in [2.75, 3.05) is 0 Å². The minimum Gasteiger partial charge on any atom is -0.322 e. The van der Waals surface area contributed by atoms with Crippen LogP contribution in [0.25, 0.3) is 0 Å². The number of aromatic nitrogens is 2. The zero-order chi connectivity index (χ0) is 8.10. The fourth-order valence-corrected chi connectivity index (χ4v) is 1.15. The van der Waals surface area contributed by atoms with E-state index in [-0.39, 0.29) is 6.04 Å². The van der Waals surface area contributed by atoms with Gasteiger partial charge in [0.15, 0.2) is 0 Å². The summed E-state index contributed by atoms with van der Waals surface area (Å²) >= 11 is 1.33. The smallest absolute Gasteiger partial charge is 0.0669 e. The van der Waals surface area contributed by atoms with Crippen molar-refractivity contribution < 1.29 is 0 Å².